The molecule has 36 valence electrons. The van der Waals surface area contributed by atoms with E-state index in [1.165, 1.54) is 0 Å². The third kappa shape index (κ3) is 4.00. The Morgan fingerprint density at radius 3 is 2.50 bits per heavy atom. The molecule has 3 nitrogen and oxygen atoms in total. The topological polar surface area (TPSA) is 52.2 Å². The van der Waals surface area contributed by atoms with Crippen LogP contribution in [0.2, 0.25) is 0 Å². The summed E-state index contributed by atoms with van der Waals surface area (Å²) in [5.74, 6) is 0. The molecular formula is CH2NO2S2-. The fraction of sp³-hybridized carbons (Fsp3) is 0. The second kappa shape index (κ2) is 3.20. The Hall–Kier alpha value is -0.0000000000000000555. The molecule has 0 aromatic heterocycles. The molecule has 1 atom stereocenters. The van der Waals surface area contributed by atoms with Gasteiger partial charge in [-0.15, -0.1) is 0 Å². The molecule has 0 aliphatic rings. The maximum Gasteiger partial charge on any atom is 0.0724 e. The normalized spacial score (nSPS) is 12.8. The van der Waals surface area contributed by atoms with Crippen LogP contribution in [0.1, 0.15) is 0 Å². The van der Waals surface area contributed by atoms with Crippen molar-refractivity contribution in [2.75, 3.05) is 0 Å². The molecule has 0 heterocycles. The molecule has 0 radical (unpaired) electrons. The molecule has 5 heteroatoms. The molecule has 0 aliphatic heterocycles. The van der Waals surface area contributed by atoms with Gasteiger partial charge in [-0.2, -0.15) is 0 Å². The van der Waals surface area contributed by atoms with E-state index >= 15 is 0 Å². The van der Waals surface area contributed by atoms with E-state index in [1.807, 2.05) is 4.72 Å². The van der Waals surface area contributed by atoms with Crippen LogP contribution in [0.15, 0.2) is 0 Å². The molecule has 1 unspecified atom stereocenters. The van der Waals surface area contributed by atoms with E-state index in [4.69, 9.17) is 0 Å². The summed E-state index contributed by atoms with van der Waals surface area (Å²) >= 11 is 1.87. The van der Waals surface area contributed by atoms with E-state index in [2.05, 4.69) is 12.2 Å². The minimum Gasteiger partial charge on any atom is -0.755 e. The lowest BCUT2D eigenvalue weighted by atomic mass is 11.6. The second-order valence-electron chi connectivity index (χ2n) is 0.470. The quantitative estimate of drug-likeness (QED) is 0.392. The summed E-state index contributed by atoms with van der Waals surface area (Å²) in [6.07, 6.45) is 0. The van der Waals surface area contributed by atoms with Gasteiger partial charge in [0, 0.05) is 11.3 Å². The van der Waals surface area contributed by atoms with Crippen molar-refractivity contribution < 1.29 is 8.76 Å². The maximum absolute atomic E-state index is 9.39. The Morgan fingerprint density at radius 2 is 2.50 bits per heavy atom. The number of hydrogen-bond donors (Lipinski definition) is 1. The molecule has 0 spiro atoms. The van der Waals surface area contributed by atoms with Gasteiger partial charge in [-0.3, -0.25) is 4.21 Å². The van der Waals surface area contributed by atoms with Crippen molar-refractivity contribution in [3.05, 3.63) is 0 Å². The van der Waals surface area contributed by atoms with Gasteiger partial charge in [0.1, 0.15) is 0 Å². The molecule has 0 amide bonds. The van der Waals surface area contributed by atoms with Gasteiger partial charge >= 0.3 is 0 Å². The Labute approximate surface area is 43.2 Å². The average Bonchev–Trinajstić information content (AvgIpc) is 1.35. The van der Waals surface area contributed by atoms with Crippen molar-refractivity contribution in [1.29, 1.82) is 0 Å². The van der Waals surface area contributed by atoms with Crippen LogP contribution in [0.5, 0.6) is 0 Å². The average molecular weight is 124 g/mol. The number of hydrogen-bond acceptors (Lipinski definition) is 3. The molecule has 0 rings (SSSR count). The van der Waals surface area contributed by atoms with E-state index in [-0.39, 0.29) is 0 Å². The largest absolute Gasteiger partial charge is 0.755 e. The van der Waals surface area contributed by atoms with Crippen LogP contribution in [0, 0.1) is 0 Å². The Balaban J connectivity index is 3.05. The van der Waals surface area contributed by atoms with Gasteiger partial charge in [0.25, 0.3) is 0 Å². The molecule has 0 aromatic carbocycles. The first kappa shape index (κ1) is 6.00. The van der Waals surface area contributed by atoms with Gasteiger partial charge in [0.05, 0.1) is 5.49 Å². The first-order chi connectivity index (χ1) is 2.77. The molecule has 1 N–H and O–H groups in total. The standard InChI is InChI=1S/CH3NO2S2/c3-6(4)2-1-5/h1H,(H,2,5)(H,3,4)/p-1. The van der Waals surface area contributed by atoms with Crippen LogP contribution in [-0.2, 0) is 11.3 Å². The van der Waals surface area contributed by atoms with Crippen molar-refractivity contribution in [2.24, 2.45) is 0 Å². The number of rotatable bonds is 2. The van der Waals surface area contributed by atoms with Gasteiger partial charge < -0.3 is 9.27 Å². The van der Waals surface area contributed by atoms with E-state index < -0.39 is 11.3 Å². The summed E-state index contributed by atoms with van der Waals surface area (Å²) in [5, 5.41) is 0. The highest BCUT2D eigenvalue weighted by Gasteiger charge is 1.62. The van der Waals surface area contributed by atoms with Gasteiger partial charge in [0.2, 0.25) is 0 Å². The molecule has 0 saturated carbocycles. The molecular weight excluding hydrogens is 122 g/mol. The third-order valence-corrected chi connectivity index (χ3v) is 0.722. The molecule has 0 bridgehead atoms. The van der Waals surface area contributed by atoms with Crippen LogP contribution >= 0.6 is 12.2 Å². The zero-order valence-electron chi connectivity index (χ0n) is 2.71. The maximum atomic E-state index is 9.39. The summed E-state index contributed by atoms with van der Waals surface area (Å²) in [5.41, 5.74) is 0.920. The van der Waals surface area contributed by atoms with Gasteiger partial charge in [-0.1, -0.05) is 12.2 Å². The van der Waals surface area contributed by atoms with Crippen molar-refractivity contribution in [3.63, 3.8) is 0 Å². The predicted molar refractivity (Wildman–Crippen MR) is 25.7 cm³/mol. The highest BCUT2D eigenvalue weighted by atomic mass is 32.2. The lowest BCUT2D eigenvalue weighted by molar-refractivity contribution is 0.534. The smallest absolute Gasteiger partial charge is 0.0724 e. The first-order valence-corrected chi connectivity index (χ1v) is 2.61. The van der Waals surface area contributed by atoms with E-state index in [1.54, 1.807) is 0 Å². The number of thiocarbonyl (C=S) groups is 1. The summed E-state index contributed by atoms with van der Waals surface area (Å²) in [7, 11) is 0. The molecule has 6 heavy (non-hydrogen) atoms. The van der Waals surface area contributed by atoms with Crippen molar-refractivity contribution in [1.82, 2.24) is 4.72 Å². The summed E-state index contributed by atoms with van der Waals surface area (Å²) < 4.78 is 20.6. The van der Waals surface area contributed by atoms with Crippen LogP contribution in [0.3, 0.4) is 0 Å². The van der Waals surface area contributed by atoms with Crippen LogP contribution in [-0.4, -0.2) is 14.3 Å². The second-order valence-corrected chi connectivity index (χ2v) is 1.41. The van der Waals surface area contributed by atoms with Crippen molar-refractivity contribution in [2.45, 2.75) is 0 Å². The predicted octanol–water partition coefficient (Wildman–Crippen LogP) is -0.673. The molecule has 0 aromatic rings. The SMILES string of the molecule is O=S([O-])NC=S. The summed E-state index contributed by atoms with van der Waals surface area (Å²) in [6.45, 7) is 0. The highest BCUT2D eigenvalue weighted by molar-refractivity contribution is 7.82. The summed E-state index contributed by atoms with van der Waals surface area (Å²) in [4.78, 5) is 0. The van der Waals surface area contributed by atoms with E-state index in [0.717, 1.165) is 5.49 Å². The van der Waals surface area contributed by atoms with E-state index in [9.17, 15) is 8.76 Å². The molecule has 0 aliphatic carbocycles. The van der Waals surface area contributed by atoms with E-state index in [0.29, 0.717) is 0 Å². The van der Waals surface area contributed by atoms with Crippen LogP contribution < -0.4 is 4.72 Å². The zero-order chi connectivity index (χ0) is 4.99. The van der Waals surface area contributed by atoms with Crippen molar-refractivity contribution in [3.8, 4) is 0 Å². The fourth-order valence-corrected chi connectivity index (χ4v) is 0.354. The fourth-order valence-electron chi connectivity index (χ4n) is 0.0393. The number of nitrogens with one attached hydrogen (secondary N) is 1. The van der Waals surface area contributed by atoms with Gasteiger partial charge in [-0.05, 0) is 0 Å². The summed E-state index contributed by atoms with van der Waals surface area (Å²) in [6, 6.07) is 0. The lowest BCUT2D eigenvalue weighted by Crippen LogP contribution is -2.11. The van der Waals surface area contributed by atoms with Crippen LogP contribution in [0.25, 0.3) is 0 Å². The Bertz CT molecular complexity index is 71.9. The molecule has 0 saturated heterocycles. The lowest BCUT2D eigenvalue weighted by Gasteiger charge is -1.97. The minimum atomic E-state index is -2.23. The molecule has 0 fully saturated rings. The highest BCUT2D eigenvalue weighted by Crippen LogP contribution is 1.52. The van der Waals surface area contributed by atoms with Gasteiger partial charge in [0.15, 0.2) is 0 Å². The zero-order valence-corrected chi connectivity index (χ0v) is 4.34. The van der Waals surface area contributed by atoms with Gasteiger partial charge in [-0.25, -0.2) is 0 Å². The third-order valence-electron chi connectivity index (χ3n) is 0.144. The Morgan fingerprint density at radius 1 is 2.00 bits per heavy atom. The first-order valence-electron chi connectivity index (χ1n) is 1.06. The van der Waals surface area contributed by atoms with Crippen molar-refractivity contribution >= 4 is 29.0 Å². The minimum absolute atomic E-state index is 0.920. The Kier molecular flexibility index (Phi) is 3.20. The van der Waals surface area contributed by atoms with Crippen LogP contribution in [0.4, 0.5) is 0 Å². The monoisotopic (exact) mass is 124 g/mol.